The minimum atomic E-state index is -0.916. The highest BCUT2D eigenvalue weighted by Crippen LogP contribution is 2.25. The van der Waals surface area contributed by atoms with E-state index in [2.05, 4.69) is 18.3 Å². The van der Waals surface area contributed by atoms with Crippen LogP contribution in [0.15, 0.2) is 42.5 Å². The van der Waals surface area contributed by atoms with Gasteiger partial charge in [-0.05, 0) is 42.7 Å². The van der Waals surface area contributed by atoms with Gasteiger partial charge in [0, 0.05) is 5.69 Å². The van der Waals surface area contributed by atoms with Gasteiger partial charge in [0.1, 0.15) is 0 Å². The van der Waals surface area contributed by atoms with Crippen LogP contribution < -0.4 is 5.32 Å². The molecule has 2 rings (SSSR count). The summed E-state index contributed by atoms with van der Waals surface area (Å²) in [5, 5.41) is 12.5. The topological polar surface area (TPSA) is 49.3 Å². The van der Waals surface area contributed by atoms with Crippen LogP contribution in [0.25, 0.3) is 0 Å². The Morgan fingerprint density at radius 3 is 2.60 bits per heavy atom. The average molecular weight is 269 g/mol. The highest BCUT2D eigenvalue weighted by molar-refractivity contribution is 5.95. The number of hydrogen-bond donors (Lipinski definition) is 2. The van der Waals surface area contributed by atoms with Gasteiger partial charge in [0.05, 0.1) is 11.3 Å². The van der Waals surface area contributed by atoms with Crippen molar-refractivity contribution in [1.29, 1.82) is 0 Å². The first-order valence-electron chi connectivity index (χ1n) is 6.80. The Morgan fingerprint density at radius 1 is 1.15 bits per heavy atom. The van der Waals surface area contributed by atoms with Crippen LogP contribution >= 0.6 is 0 Å². The second-order valence-corrected chi connectivity index (χ2v) is 4.89. The number of carboxylic acid groups (broad SMARTS) is 1. The number of aryl methyl sites for hydroxylation is 2. The van der Waals surface area contributed by atoms with Crippen LogP contribution in [0.5, 0.6) is 0 Å². The molecule has 3 heteroatoms. The quantitative estimate of drug-likeness (QED) is 0.846. The fourth-order valence-electron chi connectivity index (χ4n) is 2.22. The van der Waals surface area contributed by atoms with E-state index in [4.69, 9.17) is 0 Å². The average Bonchev–Trinajstić information content (AvgIpc) is 2.41. The molecule has 20 heavy (non-hydrogen) atoms. The van der Waals surface area contributed by atoms with Crippen molar-refractivity contribution in [3.05, 3.63) is 59.2 Å². The molecule has 2 N–H and O–H groups in total. The van der Waals surface area contributed by atoms with Gasteiger partial charge in [0.25, 0.3) is 0 Å². The number of benzene rings is 2. The highest BCUT2D eigenvalue weighted by atomic mass is 16.4. The number of hydrogen-bond acceptors (Lipinski definition) is 2. The van der Waals surface area contributed by atoms with E-state index < -0.39 is 5.97 Å². The number of aromatic carboxylic acids is 1. The zero-order valence-electron chi connectivity index (χ0n) is 11.8. The van der Waals surface area contributed by atoms with E-state index in [9.17, 15) is 9.90 Å². The molecule has 0 unspecified atom stereocenters. The lowest BCUT2D eigenvalue weighted by atomic mass is 10.1. The van der Waals surface area contributed by atoms with E-state index in [1.165, 1.54) is 5.56 Å². The molecule has 0 aromatic heterocycles. The minimum absolute atomic E-state index is 0.293. The molecule has 0 saturated heterocycles. The third kappa shape index (κ3) is 3.18. The molecule has 0 aliphatic carbocycles. The van der Waals surface area contributed by atoms with Gasteiger partial charge >= 0.3 is 5.97 Å². The van der Waals surface area contributed by atoms with Crippen molar-refractivity contribution >= 4 is 17.3 Å². The summed E-state index contributed by atoms with van der Waals surface area (Å²) >= 11 is 0. The Labute approximate surface area is 119 Å². The first-order valence-corrected chi connectivity index (χ1v) is 6.80. The summed E-state index contributed by atoms with van der Waals surface area (Å²) in [6.45, 7) is 4.08. The normalized spacial score (nSPS) is 10.3. The zero-order valence-corrected chi connectivity index (χ0v) is 11.8. The maximum Gasteiger partial charge on any atom is 0.337 e. The van der Waals surface area contributed by atoms with Gasteiger partial charge in [-0.3, -0.25) is 0 Å². The van der Waals surface area contributed by atoms with E-state index >= 15 is 0 Å². The van der Waals surface area contributed by atoms with Crippen molar-refractivity contribution in [2.45, 2.75) is 26.7 Å². The SMILES string of the molecule is CCCc1ccccc1Nc1cc(C)ccc1C(=O)O. The molecule has 0 atom stereocenters. The minimum Gasteiger partial charge on any atom is -0.478 e. The highest BCUT2D eigenvalue weighted by Gasteiger charge is 2.11. The van der Waals surface area contributed by atoms with Crippen LogP contribution in [0.2, 0.25) is 0 Å². The van der Waals surface area contributed by atoms with Gasteiger partial charge in [-0.25, -0.2) is 4.79 Å². The summed E-state index contributed by atoms with van der Waals surface area (Å²) in [7, 11) is 0. The Hall–Kier alpha value is -2.29. The van der Waals surface area contributed by atoms with Crippen molar-refractivity contribution in [3.63, 3.8) is 0 Å². The summed E-state index contributed by atoms with van der Waals surface area (Å²) in [6.07, 6.45) is 2.02. The predicted molar refractivity (Wildman–Crippen MR) is 81.9 cm³/mol. The van der Waals surface area contributed by atoms with E-state index in [0.717, 1.165) is 24.1 Å². The standard InChI is InChI=1S/C17H19NO2/c1-3-6-13-7-4-5-8-15(13)18-16-11-12(2)9-10-14(16)17(19)20/h4-5,7-11,18H,3,6H2,1-2H3,(H,19,20). The lowest BCUT2D eigenvalue weighted by molar-refractivity contribution is 0.0698. The second-order valence-electron chi connectivity index (χ2n) is 4.89. The summed E-state index contributed by atoms with van der Waals surface area (Å²) in [5.74, 6) is -0.916. The lowest BCUT2D eigenvalue weighted by Crippen LogP contribution is -2.04. The van der Waals surface area contributed by atoms with Crippen molar-refractivity contribution in [2.75, 3.05) is 5.32 Å². The number of carboxylic acids is 1. The van der Waals surface area contributed by atoms with Gasteiger partial charge in [0.2, 0.25) is 0 Å². The smallest absolute Gasteiger partial charge is 0.337 e. The molecule has 0 saturated carbocycles. The fraction of sp³-hybridized carbons (Fsp3) is 0.235. The van der Waals surface area contributed by atoms with Crippen LogP contribution in [0.1, 0.15) is 34.8 Å². The Balaban J connectivity index is 2.39. The maximum absolute atomic E-state index is 11.3. The number of nitrogens with one attached hydrogen (secondary N) is 1. The predicted octanol–water partition coefficient (Wildman–Crippen LogP) is 4.39. The van der Waals surface area contributed by atoms with Gasteiger partial charge in [0.15, 0.2) is 0 Å². The largest absolute Gasteiger partial charge is 0.478 e. The second kappa shape index (κ2) is 6.24. The van der Waals surface area contributed by atoms with Gasteiger partial charge < -0.3 is 10.4 Å². The molecule has 0 aliphatic heterocycles. The number of anilines is 2. The van der Waals surface area contributed by atoms with Crippen molar-refractivity contribution in [1.82, 2.24) is 0 Å². The summed E-state index contributed by atoms with van der Waals surface area (Å²) in [6, 6.07) is 13.3. The third-order valence-corrected chi connectivity index (χ3v) is 3.21. The molecule has 3 nitrogen and oxygen atoms in total. The van der Waals surface area contributed by atoms with Crippen molar-refractivity contribution in [2.24, 2.45) is 0 Å². The number of para-hydroxylation sites is 1. The Morgan fingerprint density at radius 2 is 1.90 bits per heavy atom. The van der Waals surface area contributed by atoms with Gasteiger partial charge in [-0.15, -0.1) is 0 Å². The molecule has 0 bridgehead atoms. The Bertz CT molecular complexity index is 620. The van der Waals surface area contributed by atoms with E-state index in [0.29, 0.717) is 11.3 Å². The summed E-state index contributed by atoms with van der Waals surface area (Å²) in [5.41, 5.74) is 4.14. The monoisotopic (exact) mass is 269 g/mol. The molecule has 2 aromatic rings. The molecule has 104 valence electrons. The fourth-order valence-corrected chi connectivity index (χ4v) is 2.22. The number of rotatable bonds is 5. The van der Waals surface area contributed by atoms with Crippen LogP contribution in [0.3, 0.4) is 0 Å². The van der Waals surface area contributed by atoms with Gasteiger partial charge in [-0.1, -0.05) is 37.6 Å². The van der Waals surface area contributed by atoms with Crippen molar-refractivity contribution in [3.8, 4) is 0 Å². The van der Waals surface area contributed by atoms with Crippen LogP contribution in [-0.4, -0.2) is 11.1 Å². The molecule has 2 aromatic carbocycles. The molecule has 0 fully saturated rings. The molecular formula is C17H19NO2. The first kappa shape index (κ1) is 14.1. The lowest BCUT2D eigenvalue weighted by Gasteiger charge is -2.14. The summed E-state index contributed by atoms with van der Waals surface area (Å²) < 4.78 is 0. The molecule has 0 radical (unpaired) electrons. The van der Waals surface area contributed by atoms with Crippen LogP contribution in [-0.2, 0) is 6.42 Å². The van der Waals surface area contributed by atoms with E-state index in [1.54, 1.807) is 6.07 Å². The Kier molecular flexibility index (Phi) is 4.41. The first-order chi connectivity index (χ1) is 9.61. The molecule has 0 amide bonds. The van der Waals surface area contributed by atoms with Crippen molar-refractivity contribution < 1.29 is 9.90 Å². The molecule has 0 aliphatic rings. The molecule has 0 spiro atoms. The molecule has 0 heterocycles. The maximum atomic E-state index is 11.3. The van der Waals surface area contributed by atoms with Crippen LogP contribution in [0, 0.1) is 6.92 Å². The zero-order chi connectivity index (χ0) is 14.5. The third-order valence-electron chi connectivity index (χ3n) is 3.21. The van der Waals surface area contributed by atoms with Crippen LogP contribution in [0.4, 0.5) is 11.4 Å². The number of carbonyl (C=O) groups is 1. The van der Waals surface area contributed by atoms with E-state index in [1.807, 2.05) is 37.3 Å². The van der Waals surface area contributed by atoms with Gasteiger partial charge in [-0.2, -0.15) is 0 Å². The summed E-state index contributed by atoms with van der Waals surface area (Å²) in [4.78, 5) is 11.3. The van der Waals surface area contributed by atoms with E-state index in [-0.39, 0.29) is 0 Å². The molecular weight excluding hydrogens is 250 g/mol.